The van der Waals surface area contributed by atoms with Crippen LogP contribution in [0.5, 0.6) is 5.75 Å². The number of amides is 2. The van der Waals surface area contributed by atoms with Crippen molar-refractivity contribution in [3.8, 4) is 5.75 Å². The summed E-state index contributed by atoms with van der Waals surface area (Å²) in [6.07, 6.45) is 1.73. The zero-order chi connectivity index (χ0) is 24.2. The zero-order valence-corrected chi connectivity index (χ0v) is 20.9. The monoisotopic (exact) mass is 508 g/mol. The molecule has 1 heterocycles. The van der Waals surface area contributed by atoms with Gasteiger partial charge < -0.3 is 10.1 Å². The molecule has 1 saturated heterocycles. The maximum atomic E-state index is 13.0. The van der Waals surface area contributed by atoms with E-state index in [1.807, 2.05) is 50.2 Å². The number of halogens is 1. The van der Waals surface area contributed by atoms with Crippen molar-refractivity contribution in [2.75, 3.05) is 16.8 Å². The van der Waals surface area contributed by atoms with Gasteiger partial charge in [0.15, 0.2) is 10.9 Å². The fraction of sp³-hybridized carbons (Fsp3) is 0.115. The van der Waals surface area contributed by atoms with Gasteiger partial charge in [-0.3, -0.25) is 14.5 Å². The molecule has 0 aromatic heterocycles. The highest BCUT2D eigenvalue weighted by Crippen LogP contribution is 2.37. The molecule has 2 amide bonds. The van der Waals surface area contributed by atoms with Crippen LogP contribution in [0.25, 0.3) is 6.08 Å². The SMILES string of the molecule is Cc1ccc(NC(=O)COc2ccccc2/C=C2\SC(=S)N(c3ccc(Cl)cc3)C2=O)cc1C. The molecule has 3 aromatic carbocycles. The van der Waals surface area contributed by atoms with Crippen LogP contribution in [-0.4, -0.2) is 22.7 Å². The van der Waals surface area contributed by atoms with Gasteiger partial charge in [-0.15, -0.1) is 0 Å². The van der Waals surface area contributed by atoms with Crippen LogP contribution in [0.15, 0.2) is 71.6 Å². The molecule has 0 saturated carbocycles. The van der Waals surface area contributed by atoms with Crippen LogP contribution in [0.1, 0.15) is 16.7 Å². The number of benzene rings is 3. The number of nitrogens with zero attached hydrogens (tertiary/aromatic N) is 1. The van der Waals surface area contributed by atoms with E-state index in [9.17, 15) is 9.59 Å². The van der Waals surface area contributed by atoms with Gasteiger partial charge in [0.25, 0.3) is 11.8 Å². The molecule has 0 unspecified atom stereocenters. The van der Waals surface area contributed by atoms with E-state index in [0.29, 0.717) is 31.2 Å². The number of anilines is 2. The van der Waals surface area contributed by atoms with Crippen LogP contribution in [0, 0.1) is 13.8 Å². The Bertz CT molecular complexity index is 1310. The Morgan fingerprint density at radius 1 is 1.09 bits per heavy atom. The van der Waals surface area contributed by atoms with Crippen molar-refractivity contribution in [1.29, 1.82) is 0 Å². The first-order chi connectivity index (χ1) is 16.3. The second-order valence-corrected chi connectivity index (χ2v) is 9.78. The molecule has 3 aromatic rings. The molecule has 8 heteroatoms. The van der Waals surface area contributed by atoms with E-state index in [-0.39, 0.29) is 18.4 Å². The number of carbonyl (C=O) groups excluding carboxylic acids is 2. The number of carbonyl (C=O) groups is 2. The van der Waals surface area contributed by atoms with Gasteiger partial charge in [-0.1, -0.05) is 59.8 Å². The van der Waals surface area contributed by atoms with E-state index in [0.717, 1.165) is 16.8 Å². The van der Waals surface area contributed by atoms with E-state index < -0.39 is 0 Å². The Labute approximate surface area is 212 Å². The van der Waals surface area contributed by atoms with E-state index in [1.54, 1.807) is 36.4 Å². The van der Waals surface area contributed by atoms with Gasteiger partial charge >= 0.3 is 0 Å². The van der Waals surface area contributed by atoms with Crippen molar-refractivity contribution in [3.05, 3.63) is 93.3 Å². The number of thioether (sulfide) groups is 1. The molecular formula is C26H21ClN2O3S2. The summed E-state index contributed by atoms with van der Waals surface area (Å²) in [5.74, 6) is 0.00113. The fourth-order valence-corrected chi connectivity index (χ4v) is 4.73. The fourth-order valence-electron chi connectivity index (χ4n) is 3.31. The lowest BCUT2D eigenvalue weighted by atomic mass is 10.1. The molecule has 0 aliphatic carbocycles. The smallest absolute Gasteiger partial charge is 0.270 e. The molecule has 0 spiro atoms. The summed E-state index contributed by atoms with van der Waals surface area (Å²) in [5, 5.41) is 3.42. The summed E-state index contributed by atoms with van der Waals surface area (Å²) < 4.78 is 6.22. The van der Waals surface area contributed by atoms with Gasteiger partial charge in [0, 0.05) is 16.3 Å². The molecule has 5 nitrogen and oxygen atoms in total. The lowest BCUT2D eigenvalue weighted by Crippen LogP contribution is -2.27. The first-order valence-electron chi connectivity index (χ1n) is 10.4. The van der Waals surface area contributed by atoms with Gasteiger partial charge in [-0.05, 0) is 73.5 Å². The number of rotatable bonds is 6. The number of nitrogens with one attached hydrogen (secondary N) is 1. The van der Waals surface area contributed by atoms with Crippen molar-refractivity contribution in [1.82, 2.24) is 0 Å². The van der Waals surface area contributed by atoms with Gasteiger partial charge in [-0.2, -0.15) is 0 Å². The Morgan fingerprint density at radius 3 is 2.56 bits per heavy atom. The first-order valence-corrected chi connectivity index (χ1v) is 12.0. The minimum atomic E-state index is -0.271. The summed E-state index contributed by atoms with van der Waals surface area (Å²) in [4.78, 5) is 27.4. The Hall–Kier alpha value is -3.13. The highest BCUT2D eigenvalue weighted by molar-refractivity contribution is 8.27. The van der Waals surface area contributed by atoms with Crippen molar-refractivity contribution < 1.29 is 14.3 Å². The van der Waals surface area contributed by atoms with Crippen LogP contribution >= 0.6 is 35.6 Å². The molecule has 0 bridgehead atoms. The number of aryl methyl sites for hydroxylation is 2. The van der Waals surface area contributed by atoms with Crippen LogP contribution in [0.3, 0.4) is 0 Å². The number of para-hydroxylation sites is 1. The molecule has 1 fully saturated rings. The lowest BCUT2D eigenvalue weighted by molar-refractivity contribution is -0.118. The molecule has 0 radical (unpaired) electrons. The van der Waals surface area contributed by atoms with Crippen LogP contribution in [-0.2, 0) is 9.59 Å². The molecular weight excluding hydrogens is 488 g/mol. The van der Waals surface area contributed by atoms with Gasteiger partial charge in [0.05, 0.1) is 10.6 Å². The van der Waals surface area contributed by atoms with Crippen molar-refractivity contribution in [3.63, 3.8) is 0 Å². The highest BCUT2D eigenvalue weighted by Gasteiger charge is 2.33. The molecule has 0 atom stereocenters. The number of thiocarbonyl (C=S) groups is 1. The Balaban J connectivity index is 1.47. The van der Waals surface area contributed by atoms with Crippen LogP contribution < -0.4 is 15.0 Å². The number of hydrogen-bond donors (Lipinski definition) is 1. The molecule has 172 valence electrons. The van der Waals surface area contributed by atoms with Crippen LogP contribution in [0.2, 0.25) is 5.02 Å². The van der Waals surface area contributed by atoms with Crippen LogP contribution in [0.4, 0.5) is 11.4 Å². The first kappa shape index (κ1) is 24.0. The third kappa shape index (κ3) is 5.50. The van der Waals surface area contributed by atoms with E-state index in [1.165, 1.54) is 16.7 Å². The molecule has 1 aliphatic rings. The summed E-state index contributed by atoms with van der Waals surface area (Å²) in [7, 11) is 0. The van der Waals surface area contributed by atoms with Crippen molar-refractivity contribution >= 4 is 69.2 Å². The normalized spacial score (nSPS) is 14.6. The molecule has 4 rings (SSSR count). The van der Waals surface area contributed by atoms with Crippen molar-refractivity contribution in [2.24, 2.45) is 0 Å². The molecule has 1 N–H and O–H groups in total. The minimum Gasteiger partial charge on any atom is -0.483 e. The second kappa shape index (κ2) is 10.4. The van der Waals surface area contributed by atoms with Gasteiger partial charge in [0.2, 0.25) is 0 Å². The summed E-state index contributed by atoms with van der Waals surface area (Å²) in [5.41, 5.74) is 4.31. The number of hydrogen-bond acceptors (Lipinski definition) is 5. The highest BCUT2D eigenvalue weighted by atomic mass is 35.5. The second-order valence-electron chi connectivity index (χ2n) is 7.67. The van der Waals surface area contributed by atoms with E-state index in [2.05, 4.69) is 5.32 Å². The van der Waals surface area contributed by atoms with Gasteiger partial charge in [0.1, 0.15) is 5.75 Å². The standard InChI is InChI=1S/C26H21ClN2O3S2/c1-16-7-10-20(13-17(16)2)28-24(30)15-32-22-6-4-3-5-18(22)14-23-25(31)29(26(33)34-23)21-11-8-19(27)9-12-21/h3-14H,15H2,1-2H3,(H,28,30)/b23-14-. The molecule has 34 heavy (non-hydrogen) atoms. The van der Waals surface area contributed by atoms with E-state index in [4.69, 9.17) is 28.6 Å². The summed E-state index contributed by atoms with van der Waals surface area (Å²) in [6.45, 7) is 3.85. The summed E-state index contributed by atoms with van der Waals surface area (Å²) in [6, 6.07) is 19.9. The molecule has 1 aliphatic heterocycles. The largest absolute Gasteiger partial charge is 0.483 e. The summed E-state index contributed by atoms with van der Waals surface area (Å²) >= 11 is 12.6. The average molecular weight is 509 g/mol. The quantitative estimate of drug-likeness (QED) is 0.309. The lowest BCUT2D eigenvalue weighted by Gasteiger charge is -2.14. The predicted octanol–water partition coefficient (Wildman–Crippen LogP) is 6.38. The maximum absolute atomic E-state index is 13.0. The topological polar surface area (TPSA) is 58.6 Å². The van der Waals surface area contributed by atoms with Crippen molar-refractivity contribution in [2.45, 2.75) is 13.8 Å². The maximum Gasteiger partial charge on any atom is 0.270 e. The Morgan fingerprint density at radius 2 is 1.82 bits per heavy atom. The average Bonchev–Trinajstić information content (AvgIpc) is 3.09. The predicted molar refractivity (Wildman–Crippen MR) is 144 cm³/mol. The zero-order valence-electron chi connectivity index (χ0n) is 18.5. The van der Waals surface area contributed by atoms with E-state index >= 15 is 0 Å². The number of ether oxygens (including phenoxy) is 1. The third-order valence-electron chi connectivity index (χ3n) is 5.23. The van der Waals surface area contributed by atoms with Gasteiger partial charge in [-0.25, -0.2) is 0 Å². The Kier molecular flexibility index (Phi) is 7.36. The third-order valence-corrected chi connectivity index (χ3v) is 6.79. The minimum absolute atomic E-state index is 0.163.